The number of nitrogens with one attached hydrogen (secondary N) is 1. The van der Waals surface area contributed by atoms with Crippen LogP contribution in [0.3, 0.4) is 0 Å². The number of ether oxygens (including phenoxy) is 2. The van der Waals surface area contributed by atoms with E-state index in [0.717, 1.165) is 51.4 Å². The molecule has 0 aliphatic carbocycles. The lowest BCUT2D eigenvalue weighted by Crippen LogP contribution is -2.60. The van der Waals surface area contributed by atoms with Gasteiger partial charge in [-0.25, -0.2) is 0 Å². The molecule has 0 aromatic carbocycles. The Morgan fingerprint density at radius 1 is 0.589 bits per heavy atom. The minimum Gasteiger partial charge on any atom is -0.394 e. The van der Waals surface area contributed by atoms with Crippen molar-refractivity contribution in [3.63, 3.8) is 0 Å². The zero-order valence-corrected chi connectivity index (χ0v) is 36.1. The second kappa shape index (κ2) is 37.9. The van der Waals surface area contributed by atoms with E-state index in [9.17, 15) is 30.3 Å². The van der Waals surface area contributed by atoms with E-state index >= 15 is 0 Å². The lowest BCUT2D eigenvalue weighted by molar-refractivity contribution is -0.302. The van der Waals surface area contributed by atoms with Crippen LogP contribution in [0.5, 0.6) is 0 Å². The maximum atomic E-state index is 12.9. The van der Waals surface area contributed by atoms with Crippen molar-refractivity contribution in [2.75, 3.05) is 13.2 Å². The topological polar surface area (TPSA) is 149 Å². The van der Waals surface area contributed by atoms with Crippen LogP contribution in [0.2, 0.25) is 0 Å². The molecule has 1 aliphatic heterocycles. The molecule has 7 unspecified atom stereocenters. The molecule has 0 spiro atoms. The van der Waals surface area contributed by atoms with Crippen LogP contribution in [0.25, 0.3) is 0 Å². The van der Waals surface area contributed by atoms with Gasteiger partial charge in [0, 0.05) is 6.42 Å². The molecule has 1 fully saturated rings. The first kappa shape index (κ1) is 52.7. The van der Waals surface area contributed by atoms with Gasteiger partial charge >= 0.3 is 0 Å². The number of hydrogen-bond acceptors (Lipinski definition) is 8. The Labute approximate surface area is 343 Å². The zero-order chi connectivity index (χ0) is 40.9. The van der Waals surface area contributed by atoms with Gasteiger partial charge in [0.1, 0.15) is 24.4 Å². The summed E-state index contributed by atoms with van der Waals surface area (Å²) in [6, 6.07) is -0.809. The first-order chi connectivity index (χ1) is 27.3. The van der Waals surface area contributed by atoms with Gasteiger partial charge in [-0.3, -0.25) is 4.79 Å². The first-order valence-electron chi connectivity index (χ1n) is 23.6. The molecular formula is C47H89NO8. The third-order valence-electron chi connectivity index (χ3n) is 11.3. The number of amides is 1. The largest absolute Gasteiger partial charge is 0.394 e. The molecule has 1 saturated heterocycles. The number of aliphatic hydroxyl groups is 5. The van der Waals surface area contributed by atoms with E-state index in [4.69, 9.17) is 9.47 Å². The summed E-state index contributed by atoms with van der Waals surface area (Å²) in [4.78, 5) is 12.9. The van der Waals surface area contributed by atoms with Crippen LogP contribution in [0, 0.1) is 0 Å². The zero-order valence-electron chi connectivity index (χ0n) is 36.1. The summed E-state index contributed by atoms with van der Waals surface area (Å²) in [5.41, 5.74) is 0. The van der Waals surface area contributed by atoms with Crippen molar-refractivity contribution in [2.24, 2.45) is 0 Å². The van der Waals surface area contributed by atoms with Crippen LogP contribution < -0.4 is 5.32 Å². The fraction of sp³-hybridized carbons (Fsp3) is 0.894. The monoisotopic (exact) mass is 796 g/mol. The van der Waals surface area contributed by atoms with E-state index in [1.165, 1.54) is 141 Å². The summed E-state index contributed by atoms with van der Waals surface area (Å²) >= 11 is 0. The number of unbranched alkanes of at least 4 members (excludes halogenated alkanes) is 27. The third kappa shape index (κ3) is 28.2. The number of aliphatic hydroxyl groups excluding tert-OH is 5. The summed E-state index contributed by atoms with van der Waals surface area (Å²) in [7, 11) is 0. The molecule has 1 rings (SSSR count). The van der Waals surface area contributed by atoms with Crippen LogP contribution >= 0.6 is 0 Å². The van der Waals surface area contributed by atoms with Crippen molar-refractivity contribution >= 4 is 5.91 Å². The number of carbonyl (C=O) groups excluding carboxylic acids is 1. The average Bonchev–Trinajstić information content (AvgIpc) is 3.20. The molecule has 1 aliphatic rings. The maximum Gasteiger partial charge on any atom is 0.220 e. The lowest BCUT2D eigenvalue weighted by Gasteiger charge is -2.40. The Morgan fingerprint density at radius 3 is 1.45 bits per heavy atom. The van der Waals surface area contributed by atoms with Crippen molar-refractivity contribution in [1.29, 1.82) is 0 Å². The number of allylic oxidation sites excluding steroid dienone is 3. The number of hydrogen-bond donors (Lipinski definition) is 6. The third-order valence-corrected chi connectivity index (χ3v) is 11.3. The lowest BCUT2D eigenvalue weighted by atomic mass is 9.99. The summed E-state index contributed by atoms with van der Waals surface area (Å²) in [6.45, 7) is 3.76. The highest BCUT2D eigenvalue weighted by atomic mass is 16.7. The molecular weight excluding hydrogens is 707 g/mol. The van der Waals surface area contributed by atoms with Crippen molar-refractivity contribution in [3.8, 4) is 0 Å². The van der Waals surface area contributed by atoms with E-state index in [1.54, 1.807) is 6.08 Å². The molecule has 330 valence electrons. The van der Waals surface area contributed by atoms with Crippen molar-refractivity contribution in [1.82, 2.24) is 5.32 Å². The SMILES string of the molecule is CCCCCCCC/C=C\CCCCCC(=O)NC(COC1OC(CO)C(O)C(O)C1O)C(O)/C=C/CCCCCCCCCCCCCCCCCCCC. The Balaban J connectivity index is 2.34. The second-order valence-corrected chi connectivity index (χ2v) is 16.5. The molecule has 0 aromatic heterocycles. The molecule has 6 N–H and O–H groups in total. The van der Waals surface area contributed by atoms with E-state index in [2.05, 4.69) is 31.3 Å². The van der Waals surface area contributed by atoms with Crippen LogP contribution in [0.15, 0.2) is 24.3 Å². The summed E-state index contributed by atoms with van der Waals surface area (Å²) in [5, 5.41) is 54.2. The van der Waals surface area contributed by atoms with Gasteiger partial charge in [-0.05, 0) is 44.9 Å². The fourth-order valence-corrected chi connectivity index (χ4v) is 7.44. The van der Waals surface area contributed by atoms with E-state index < -0.39 is 49.5 Å². The number of rotatable bonds is 39. The predicted molar refractivity (Wildman–Crippen MR) is 230 cm³/mol. The summed E-state index contributed by atoms with van der Waals surface area (Å²) in [5.74, 6) is -0.193. The minimum atomic E-state index is -1.57. The van der Waals surface area contributed by atoms with Crippen LogP contribution in [0.1, 0.15) is 213 Å². The highest BCUT2D eigenvalue weighted by Gasteiger charge is 2.44. The van der Waals surface area contributed by atoms with Gasteiger partial charge in [-0.2, -0.15) is 0 Å². The standard InChI is InChI=1S/C47H89NO8/c1-3-5-7-9-11-13-15-17-18-19-20-21-22-23-25-26-28-30-32-34-36-41(50)40(39-55-47-46(54)45(53)44(52)42(38-49)56-47)48-43(51)37-35-33-31-29-27-24-16-14-12-10-8-6-4-2/h24,27,34,36,40-42,44-47,49-50,52-54H,3-23,25-26,28-33,35,37-39H2,1-2H3,(H,48,51)/b27-24-,36-34+. The Hall–Kier alpha value is -1.33. The Morgan fingerprint density at radius 2 is 1.00 bits per heavy atom. The van der Waals surface area contributed by atoms with Crippen LogP contribution in [-0.4, -0.2) is 87.5 Å². The predicted octanol–water partition coefficient (Wildman–Crippen LogP) is 9.89. The van der Waals surface area contributed by atoms with Gasteiger partial charge in [0.05, 0.1) is 25.4 Å². The first-order valence-corrected chi connectivity index (χ1v) is 23.6. The highest BCUT2D eigenvalue weighted by molar-refractivity contribution is 5.76. The molecule has 9 nitrogen and oxygen atoms in total. The highest BCUT2D eigenvalue weighted by Crippen LogP contribution is 2.23. The van der Waals surface area contributed by atoms with Gasteiger partial charge < -0.3 is 40.3 Å². The summed E-state index contributed by atoms with van der Waals surface area (Å²) < 4.78 is 11.2. The molecule has 1 heterocycles. The summed E-state index contributed by atoms with van der Waals surface area (Å²) in [6.07, 6.45) is 37.9. The van der Waals surface area contributed by atoms with Crippen LogP contribution in [0.4, 0.5) is 0 Å². The van der Waals surface area contributed by atoms with Gasteiger partial charge in [-0.15, -0.1) is 0 Å². The molecule has 0 radical (unpaired) electrons. The average molecular weight is 796 g/mol. The molecule has 9 heteroatoms. The quantitative estimate of drug-likeness (QED) is 0.0266. The molecule has 0 bridgehead atoms. The smallest absolute Gasteiger partial charge is 0.220 e. The molecule has 0 saturated carbocycles. The second-order valence-electron chi connectivity index (χ2n) is 16.5. The number of carbonyl (C=O) groups is 1. The van der Waals surface area contributed by atoms with Crippen molar-refractivity contribution in [3.05, 3.63) is 24.3 Å². The maximum absolute atomic E-state index is 12.9. The molecule has 56 heavy (non-hydrogen) atoms. The van der Waals surface area contributed by atoms with Gasteiger partial charge in [-0.1, -0.05) is 186 Å². The normalized spacial score (nSPS) is 21.3. The van der Waals surface area contributed by atoms with E-state index in [0.29, 0.717) is 6.42 Å². The van der Waals surface area contributed by atoms with Gasteiger partial charge in [0.2, 0.25) is 5.91 Å². The minimum absolute atomic E-state index is 0.192. The van der Waals surface area contributed by atoms with Gasteiger partial charge in [0.25, 0.3) is 0 Å². The van der Waals surface area contributed by atoms with E-state index in [1.807, 2.05) is 6.08 Å². The van der Waals surface area contributed by atoms with Crippen molar-refractivity contribution in [2.45, 2.75) is 256 Å². The van der Waals surface area contributed by atoms with Crippen molar-refractivity contribution < 1.29 is 39.8 Å². The fourth-order valence-electron chi connectivity index (χ4n) is 7.44. The van der Waals surface area contributed by atoms with E-state index in [-0.39, 0.29) is 12.5 Å². The van der Waals surface area contributed by atoms with Gasteiger partial charge in [0.15, 0.2) is 6.29 Å². The molecule has 7 atom stereocenters. The Bertz CT molecular complexity index is 930. The van der Waals surface area contributed by atoms with Crippen LogP contribution in [-0.2, 0) is 14.3 Å². The Kier molecular flexibility index (Phi) is 35.7. The molecule has 1 amide bonds. The molecule has 0 aromatic rings.